The number of nitrogens with zero attached hydrogens (tertiary/aromatic N) is 2. The molecule has 11 heteroatoms. The molecule has 4 atom stereocenters. The van der Waals surface area contributed by atoms with E-state index < -0.39 is 54.0 Å². The van der Waals surface area contributed by atoms with Crippen molar-refractivity contribution in [2.24, 2.45) is 5.92 Å². The van der Waals surface area contributed by atoms with Crippen LogP contribution in [0.1, 0.15) is 86.0 Å². The summed E-state index contributed by atoms with van der Waals surface area (Å²) < 4.78 is 5.83. The van der Waals surface area contributed by atoms with Crippen LogP contribution in [0.5, 0.6) is 0 Å². The summed E-state index contributed by atoms with van der Waals surface area (Å²) in [6, 6.07) is 30.4. The number of carbonyl (C=O) groups excluding carboxylic acids is 4. The zero-order valence-corrected chi connectivity index (χ0v) is 33.1. The van der Waals surface area contributed by atoms with E-state index in [2.05, 4.69) is 22.8 Å². The van der Waals surface area contributed by atoms with E-state index in [4.69, 9.17) is 4.74 Å². The molecule has 0 spiro atoms. The summed E-state index contributed by atoms with van der Waals surface area (Å²) >= 11 is 0. The highest BCUT2D eigenvalue weighted by Gasteiger charge is 2.43. The summed E-state index contributed by atoms with van der Waals surface area (Å²) in [5, 5.41) is 16.3. The molecular formula is C47H52N4O7. The van der Waals surface area contributed by atoms with Crippen molar-refractivity contribution in [1.82, 2.24) is 20.4 Å². The summed E-state index contributed by atoms with van der Waals surface area (Å²) in [5.74, 6) is -3.59. The quantitative estimate of drug-likeness (QED) is 0.137. The number of carbonyl (C=O) groups is 5. The zero-order chi connectivity index (χ0) is 40.8. The maximum Gasteiger partial charge on any atom is 0.410 e. The van der Waals surface area contributed by atoms with Crippen molar-refractivity contribution in [3.63, 3.8) is 0 Å². The second kappa shape index (κ2) is 18.1. The molecule has 1 saturated heterocycles. The molecule has 2 aliphatic carbocycles. The Morgan fingerprint density at radius 1 is 0.741 bits per heavy atom. The van der Waals surface area contributed by atoms with Gasteiger partial charge in [-0.25, -0.2) is 9.59 Å². The predicted octanol–water partition coefficient (Wildman–Crippen LogP) is 6.71. The standard InChI is InChI=1S/C47H52N4O7/c1-30(50(2)47(57)58-29-38-36-25-14-12-23-34(36)35-24-13-15-26-37(35)38)43(52)48-41(33-21-10-5-11-22-33)45(54)51-28-16-27-39(51)44(53)49-42(46(55)56)40(31-17-6-3-7-18-31)32-19-8-4-9-20-32/h3-4,6-9,12-15,17-20,23-26,30,33,38-42H,5,10-11,16,21-22,27-29H2,1-2H3,(H,48,52)(H,49,53)(H,55,56)/t30-,39-,41-,42?/m0/s1. The van der Waals surface area contributed by atoms with Crippen LogP contribution in [-0.2, 0) is 23.9 Å². The first kappa shape index (κ1) is 40.2. The second-order valence-electron chi connectivity index (χ2n) is 15.8. The molecule has 4 aromatic rings. The minimum Gasteiger partial charge on any atom is -0.480 e. The minimum absolute atomic E-state index is 0.104. The van der Waals surface area contributed by atoms with Gasteiger partial charge in [-0.3, -0.25) is 19.3 Å². The van der Waals surface area contributed by atoms with Gasteiger partial charge in [-0.05, 0) is 71.9 Å². The monoisotopic (exact) mass is 784 g/mol. The summed E-state index contributed by atoms with van der Waals surface area (Å²) in [5.41, 5.74) is 5.86. The SMILES string of the molecule is C[C@@H](C(=O)N[C@H](C(=O)N1CCC[C@H]1C(=O)NC(C(=O)O)C(c1ccccc1)c1ccccc1)C1CCCCC1)N(C)C(=O)OCC1c2ccccc2-c2ccccc21. The Kier molecular flexibility index (Phi) is 12.5. The number of likely N-dealkylation sites (N-methyl/N-ethyl adjacent to an activating group) is 1. The lowest BCUT2D eigenvalue weighted by atomic mass is 9.83. The fourth-order valence-electron chi connectivity index (χ4n) is 9.07. The molecule has 11 nitrogen and oxygen atoms in total. The molecule has 7 rings (SSSR count). The zero-order valence-electron chi connectivity index (χ0n) is 33.1. The number of rotatable bonds is 13. The van der Waals surface area contributed by atoms with Crippen LogP contribution in [0.2, 0.25) is 0 Å². The third-order valence-electron chi connectivity index (χ3n) is 12.3. The van der Waals surface area contributed by atoms with Crippen molar-refractivity contribution in [2.75, 3.05) is 20.2 Å². The molecule has 3 N–H and O–H groups in total. The smallest absolute Gasteiger partial charge is 0.410 e. The normalized spacial score (nSPS) is 18.1. The van der Waals surface area contributed by atoms with Crippen molar-refractivity contribution < 1.29 is 33.8 Å². The number of nitrogens with one attached hydrogen (secondary N) is 2. The number of likely N-dealkylation sites (tertiary alicyclic amines) is 1. The first-order chi connectivity index (χ1) is 28.1. The number of benzene rings is 4. The van der Waals surface area contributed by atoms with Crippen LogP contribution in [0.3, 0.4) is 0 Å². The Balaban J connectivity index is 1.04. The third kappa shape index (κ3) is 8.49. The Morgan fingerprint density at radius 3 is 1.86 bits per heavy atom. The lowest BCUT2D eigenvalue weighted by molar-refractivity contribution is -0.146. The molecule has 0 bridgehead atoms. The molecule has 58 heavy (non-hydrogen) atoms. The van der Waals surface area contributed by atoms with Crippen LogP contribution in [0.25, 0.3) is 11.1 Å². The maximum atomic E-state index is 14.6. The number of ether oxygens (including phenoxy) is 1. The third-order valence-corrected chi connectivity index (χ3v) is 12.3. The molecule has 1 saturated carbocycles. The van der Waals surface area contributed by atoms with Crippen molar-refractivity contribution in [2.45, 2.75) is 87.9 Å². The molecule has 3 aliphatic rings. The number of aliphatic carboxylic acids is 1. The van der Waals surface area contributed by atoms with Gasteiger partial charge in [0.25, 0.3) is 0 Å². The Labute approximate surface area is 339 Å². The number of carboxylic acids is 1. The van der Waals surface area contributed by atoms with E-state index in [9.17, 15) is 29.1 Å². The topological polar surface area (TPSA) is 145 Å². The van der Waals surface area contributed by atoms with Gasteiger partial charge in [-0.15, -0.1) is 0 Å². The highest BCUT2D eigenvalue weighted by Crippen LogP contribution is 2.44. The average molecular weight is 785 g/mol. The lowest BCUT2D eigenvalue weighted by Gasteiger charge is -2.36. The summed E-state index contributed by atoms with van der Waals surface area (Å²) in [7, 11) is 1.51. The molecular weight excluding hydrogens is 733 g/mol. The molecule has 1 aliphatic heterocycles. The molecule has 302 valence electrons. The van der Waals surface area contributed by atoms with E-state index in [-0.39, 0.29) is 24.3 Å². The van der Waals surface area contributed by atoms with Crippen molar-refractivity contribution in [3.05, 3.63) is 131 Å². The molecule has 4 amide bonds. The van der Waals surface area contributed by atoms with E-state index in [0.717, 1.165) is 65.5 Å². The van der Waals surface area contributed by atoms with Crippen LogP contribution >= 0.6 is 0 Å². The lowest BCUT2D eigenvalue weighted by Crippen LogP contribution is -2.59. The Bertz CT molecular complexity index is 2020. The van der Waals surface area contributed by atoms with Gasteiger partial charge in [0, 0.05) is 25.4 Å². The van der Waals surface area contributed by atoms with Gasteiger partial charge >= 0.3 is 12.1 Å². The maximum absolute atomic E-state index is 14.6. The summed E-state index contributed by atoms with van der Waals surface area (Å²) in [6.07, 6.45) is 4.56. The predicted molar refractivity (Wildman–Crippen MR) is 220 cm³/mol. The number of hydrogen-bond acceptors (Lipinski definition) is 6. The van der Waals surface area contributed by atoms with Crippen LogP contribution in [-0.4, -0.2) is 89.1 Å². The van der Waals surface area contributed by atoms with Crippen LogP contribution in [0.15, 0.2) is 109 Å². The van der Waals surface area contributed by atoms with Gasteiger partial charge in [-0.1, -0.05) is 128 Å². The number of hydrogen-bond donors (Lipinski definition) is 3. The van der Waals surface area contributed by atoms with E-state index in [0.29, 0.717) is 19.4 Å². The minimum atomic E-state index is -1.31. The van der Waals surface area contributed by atoms with Gasteiger partial charge in [0.2, 0.25) is 17.7 Å². The number of fused-ring (bicyclic) bond motifs is 3. The van der Waals surface area contributed by atoms with Gasteiger partial charge < -0.3 is 25.4 Å². The fraction of sp³-hybridized carbons (Fsp3) is 0.383. The first-order valence-corrected chi connectivity index (χ1v) is 20.5. The molecule has 1 heterocycles. The van der Waals surface area contributed by atoms with Gasteiger partial charge in [0.15, 0.2) is 0 Å². The Morgan fingerprint density at radius 2 is 1.29 bits per heavy atom. The van der Waals surface area contributed by atoms with Gasteiger partial charge in [0.05, 0.1) is 0 Å². The molecule has 1 unspecified atom stereocenters. The highest BCUT2D eigenvalue weighted by atomic mass is 16.6. The van der Waals surface area contributed by atoms with Crippen LogP contribution in [0, 0.1) is 5.92 Å². The van der Waals surface area contributed by atoms with Crippen molar-refractivity contribution in [3.8, 4) is 11.1 Å². The first-order valence-electron chi connectivity index (χ1n) is 20.5. The second-order valence-corrected chi connectivity index (χ2v) is 15.8. The van der Waals surface area contributed by atoms with Crippen molar-refractivity contribution in [1.29, 1.82) is 0 Å². The van der Waals surface area contributed by atoms with Crippen molar-refractivity contribution >= 4 is 29.8 Å². The summed E-state index contributed by atoms with van der Waals surface area (Å²) in [6.45, 7) is 2.00. The molecule has 2 fully saturated rings. The van der Waals surface area contributed by atoms with Gasteiger partial charge in [0.1, 0.15) is 30.8 Å². The average Bonchev–Trinajstić information content (AvgIpc) is 3.88. The van der Waals surface area contributed by atoms with E-state index >= 15 is 0 Å². The van der Waals surface area contributed by atoms with Crippen LogP contribution < -0.4 is 10.6 Å². The summed E-state index contributed by atoms with van der Waals surface area (Å²) in [4.78, 5) is 71.7. The fourth-order valence-corrected chi connectivity index (χ4v) is 9.07. The number of amides is 4. The van der Waals surface area contributed by atoms with Gasteiger partial charge in [-0.2, -0.15) is 0 Å². The highest BCUT2D eigenvalue weighted by molar-refractivity contribution is 5.95. The molecule has 0 aromatic heterocycles. The number of carboxylic acid groups (broad SMARTS) is 1. The Hall–Kier alpha value is -5.97. The van der Waals surface area contributed by atoms with E-state index in [1.54, 1.807) is 6.92 Å². The van der Waals surface area contributed by atoms with E-state index in [1.807, 2.05) is 97.1 Å². The largest absolute Gasteiger partial charge is 0.480 e. The van der Waals surface area contributed by atoms with Crippen LogP contribution in [0.4, 0.5) is 4.79 Å². The molecule has 0 radical (unpaired) electrons. The van der Waals surface area contributed by atoms with E-state index in [1.165, 1.54) is 16.8 Å². The molecule has 4 aromatic carbocycles.